The fraction of sp³-hybridized carbons (Fsp3) is 0.833. The number of nitrogens with zero attached hydrogens (tertiary/aromatic N) is 2. The van der Waals surface area contributed by atoms with Gasteiger partial charge in [0.05, 0.1) is 0 Å². The molecule has 0 unspecified atom stereocenters. The Labute approximate surface area is 103 Å². The summed E-state index contributed by atoms with van der Waals surface area (Å²) in [6.07, 6.45) is 3.28. The van der Waals surface area contributed by atoms with Crippen LogP contribution in [0.2, 0.25) is 0 Å². The van der Waals surface area contributed by atoms with Crippen molar-refractivity contribution in [2.75, 3.05) is 13.2 Å². The Balaban J connectivity index is 2.83. The van der Waals surface area contributed by atoms with Crippen molar-refractivity contribution in [3.8, 4) is 0 Å². The molecule has 1 heterocycles. The van der Waals surface area contributed by atoms with Crippen LogP contribution in [0.5, 0.6) is 0 Å². The van der Waals surface area contributed by atoms with Gasteiger partial charge in [-0.3, -0.25) is 0 Å². The molecule has 1 rings (SSSR count). The summed E-state index contributed by atoms with van der Waals surface area (Å²) in [6.45, 7) is 7.42. The van der Waals surface area contributed by atoms with Crippen molar-refractivity contribution in [1.82, 2.24) is 10.1 Å². The summed E-state index contributed by atoms with van der Waals surface area (Å²) in [6, 6.07) is 0. The van der Waals surface area contributed by atoms with Crippen molar-refractivity contribution in [3.05, 3.63) is 11.7 Å². The number of aryl methyl sites for hydroxylation is 1. The van der Waals surface area contributed by atoms with Crippen molar-refractivity contribution in [2.24, 2.45) is 5.73 Å². The quantitative estimate of drug-likeness (QED) is 0.753. The van der Waals surface area contributed by atoms with Crippen molar-refractivity contribution in [2.45, 2.75) is 52.1 Å². The van der Waals surface area contributed by atoms with Crippen LogP contribution in [0.15, 0.2) is 4.52 Å². The van der Waals surface area contributed by atoms with E-state index in [0.29, 0.717) is 24.9 Å². The van der Waals surface area contributed by atoms with Crippen LogP contribution in [0.3, 0.4) is 0 Å². The van der Waals surface area contributed by atoms with Crippen molar-refractivity contribution >= 4 is 0 Å². The third-order valence-corrected chi connectivity index (χ3v) is 3.03. The van der Waals surface area contributed by atoms with Crippen LogP contribution in [0.4, 0.5) is 0 Å². The first-order valence-corrected chi connectivity index (χ1v) is 6.39. The highest BCUT2D eigenvalue weighted by Crippen LogP contribution is 2.30. The lowest BCUT2D eigenvalue weighted by atomic mass is 9.96. The maximum atomic E-state index is 5.82. The van der Waals surface area contributed by atoms with Crippen LogP contribution in [0.25, 0.3) is 0 Å². The van der Waals surface area contributed by atoms with Crippen molar-refractivity contribution in [3.63, 3.8) is 0 Å². The van der Waals surface area contributed by atoms with E-state index < -0.39 is 5.60 Å². The van der Waals surface area contributed by atoms with Crippen LogP contribution < -0.4 is 5.73 Å². The van der Waals surface area contributed by atoms with Crippen molar-refractivity contribution < 1.29 is 9.26 Å². The molecule has 0 saturated heterocycles. The van der Waals surface area contributed by atoms with Gasteiger partial charge in [-0.25, -0.2) is 0 Å². The van der Waals surface area contributed by atoms with E-state index in [2.05, 4.69) is 24.0 Å². The first-order valence-electron chi connectivity index (χ1n) is 6.39. The Morgan fingerprint density at radius 2 is 2.00 bits per heavy atom. The molecule has 0 spiro atoms. The normalized spacial score (nSPS) is 12.0. The number of rotatable bonds is 8. The second kappa shape index (κ2) is 6.71. The van der Waals surface area contributed by atoms with E-state index in [0.717, 1.165) is 25.7 Å². The maximum Gasteiger partial charge on any atom is 0.226 e. The van der Waals surface area contributed by atoms with E-state index in [1.165, 1.54) is 0 Å². The topological polar surface area (TPSA) is 74.2 Å². The van der Waals surface area contributed by atoms with E-state index in [-0.39, 0.29) is 0 Å². The molecule has 0 aromatic carbocycles. The SMILES string of the molecule is CCOC(CC)(CC)c1noc(CCCN)n1. The Morgan fingerprint density at radius 3 is 2.53 bits per heavy atom. The van der Waals surface area contributed by atoms with Gasteiger partial charge in [0.15, 0.2) is 0 Å². The van der Waals surface area contributed by atoms with Gasteiger partial charge in [-0.15, -0.1) is 0 Å². The summed E-state index contributed by atoms with van der Waals surface area (Å²) < 4.78 is 11.0. The molecule has 0 atom stereocenters. The van der Waals surface area contributed by atoms with E-state index in [4.69, 9.17) is 15.0 Å². The highest BCUT2D eigenvalue weighted by Gasteiger charge is 2.34. The van der Waals surface area contributed by atoms with Crippen LogP contribution >= 0.6 is 0 Å². The van der Waals surface area contributed by atoms with Gasteiger partial charge in [-0.05, 0) is 32.7 Å². The largest absolute Gasteiger partial charge is 0.367 e. The standard InChI is InChI=1S/C12H23N3O2/c1-4-12(5-2,16-6-3)11-14-10(17-15-11)8-7-9-13/h4-9,13H2,1-3H3. The van der Waals surface area contributed by atoms with E-state index in [1.807, 2.05) is 6.92 Å². The molecule has 0 amide bonds. The van der Waals surface area contributed by atoms with E-state index >= 15 is 0 Å². The number of aromatic nitrogens is 2. The minimum Gasteiger partial charge on any atom is -0.367 e. The maximum absolute atomic E-state index is 5.82. The molecule has 0 aliphatic rings. The number of ether oxygens (including phenoxy) is 1. The third-order valence-electron chi connectivity index (χ3n) is 3.03. The summed E-state index contributed by atoms with van der Waals surface area (Å²) in [5, 5.41) is 4.05. The molecule has 0 radical (unpaired) electrons. The smallest absolute Gasteiger partial charge is 0.226 e. The summed E-state index contributed by atoms with van der Waals surface area (Å²) in [5.74, 6) is 1.31. The molecule has 17 heavy (non-hydrogen) atoms. The lowest BCUT2D eigenvalue weighted by Gasteiger charge is -2.27. The minimum atomic E-state index is -0.404. The zero-order valence-corrected chi connectivity index (χ0v) is 11.0. The molecule has 2 N–H and O–H groups in total. The van der Waals surface area contributed by atoms with Gasteiger partial charge >= 0.3 is 0 Å². The molecule has 0 aliphatic heterocycles. The Morgan fingerprint density at radius 1 is 1.29 bits per heavy atom. The monoisotopic (exact) mass is 241 g/mol. The van der Waals surface area contributed by atoms with Gasteiger partial charge in [0.1, 0.15) is 5.60 Å². The highest BCUT2D eigenvalue weighted by atomic mass is 16.5. The average molecular weight is 241 g/mol. The van der Waals surface area contributed by atoms with Gasteiger partial charge in [0.2, 0.25) is 11.7 Å². The third kappa shape index (κ3) is 3.26. The number of nitrogens with two attached hydrogens (primary N) is 1. The van der Waals surface area contributed by atoms with E-state index in [1.54, 1.807) is 0 Å². The first kappa shape index (κ1) is 14.1. The lowest BCUT2D eigenvalue weighted by molar-refractivity contribution is -0.0583. The predicted molar refractivity (Wildman–Crippen MR) is 65.6 cm³/mol. The van der Waals surface area contributed by atoms with Gasteiger partial charge in [-0.1, -0.05) is 19.0 Å². The summed E-state index contributed by atoms with van der Waals surface area (Å²) in [5.41, 5.74) is 5.05. The molecule has 0 saturated carbocycles. The molecule has 5 nitrogen and oxygen atoms in total. The first-order chi connectivity index (χ1) is 8.22. The number of hydrogen-bond donors (Lipinski definition) is 1. The highest BCUT2D eigenvalue weighted by molar-refractivity contribution is 5.01. The van der Waals surface area contributed by atoms with Crippen LogP contribution in [0.1, 0.15) is 51.7 Å². The van der Waals surface area contributed by atoms with Gasteiger partial charge in [0, 0.05) is 13.0 Å². The van der Waals surface area contributed by atoms with Crippen molar-refractivity contribution in [1.29, 1.82) is 0 Å². The molecular weight excluding hydrogens is 218 g/mol. The molecular formula is C12H23N3O2. The van der Waals surface area contributed by atoms with Gasteiger partial charge in [-0.2, -0.15) is 4.98 Å². The zero-order valence-electron chi connectivity index (χ0n) is 11.0. The lowest BCUT2D eigenvalue weighted by Crippen LogP contribution is -2.29. The second-order valence-corrected chi connectivity index (χ2v) is 4.04. The molecule has 0 fully saturated rings. The molecule has 0 aliphatic carbocycles. The minimum absolute atomic E-state index is 0.404. The summed E-state index contributed by atoms with van der Waals surface area (Å²) >= 11 is 0. The second-order valence-electron chi connectivity index (χ2n) is 4.04. The summed E-state index contributed by atoms with van der Waals surface area (Å²) in [4.78, 5) is 4.42. The fourth-order valence-corrected chi connectivity index (χ4v) is 1.91. The predicted octanol–water partition coefficient (Wildman–Crippen LogP) is 2.01. The molecule has 1 aromatic heterocycles. The molecule has 0 bridgehead atoms. The zero-order chi connectivity index (χ0) is 12.7. The summed E-state index contributed by atoms with van der Waals surface area (Å²) in [7, 11) is 0. The molecule has 5 heteroatoms. The fourth-order valence-electron chi connectivity index (χ4n) is 1.91. The Hall–Kier alpha value is -0.940. The van der Waals surface area contributed by atoms with Gasteiger partial charge in [0.25, 0.3) is 0 Å². The Kier molecular flexibility index (Phi) is 5.58. The van der Waals surface area contributed by atoms with E-state index in [9.17, 15) is 0 Å². The van der Waals surface area contributed by atoms with Gasteiger partial charge < -0.3 is 15.0 Å². The van der Waals surface area contributed by atoms with Crippen LogP contribution in [-0.4, -0.2) is 23.3 Å². The number of hydrogen-bond acceptors (Lipinski definition) is 5. The average Bonchev–Trinajstić information content (AvgIpc) is 2.83. The molecule has 1 aromatic rings. The van der Waals surface area contributed by atoms with Crippen LogP contribution in [-0.2, 0) is 16.8 Å². The van der Waals surface area contributed by atoms with Crippen LogP contribution in [0, 0.1) is 0 Å². The Bertz CT molecular complexity index is 321. The molecule has 98 valence electrons.